The maximum absolute atomic E-state index is 12.6. The van der Waals surface area contributed by atoms with Crippen LogP contribution < -0.4 is 4.74 Å². The standard InChI is InChI=1S/C18H22ClN3O2.ClH.H2/c1-22(9-2-10-24-15-6-4-14(19)5-7-15)18(23)13-3-8-16-17(11-13)21-12-20-16;;/h4-7,12-13H,2-3,8-11H2,1H3,(H,20,21);2*1H. The number of aromatic nitrogens is 2. The van der Waals surface area contributed by atoms with Crippen molar-refractivity contribution < 1.29 is 11.0 Å². The van der Waals surface area contributed by atoms with Crippen molar-refractivity contribution in [2.24, 2.45) is 5.92 Å². The summed E-state index contributed by atoms with van der Waals surface area (Å²) in [5.41, 5.74) is 2.22. The fourth-order valence-corrected chi connectivity index (χ4v) is 3.18. The van der Waals surface area contributed by atoms with E-state index in [1.54, 1.807) is 18.5 Å². The summed E-state index contributed by atoms with van der Waals surface area (Å²) < 4.78 is 5.66. The first-order chi connectivity index (χ1) is 11.6. The molecule has 7 heteroatoms. The minimum Gasteiger partial charge on any atom is -0.494 e. The van der Waals surface area contributed by atoms with Gasteiger partial charge in [-0.25, -0.2) is 4.98 Å². The van der Waals surface area contributed by atoms with E-state index in [0.29, 0.717) is 18.2 Å². The Labute approximate surface area is 160 Å². The van der Waals surface area contributed by atoms with E-state index in [9.17, 15) is 4.79 Å². The van der Waals surface area contributed by atoms with Crippen molar-refractivity contribution in [1.82, 2.24) is 14.9 Å². The number of H-pyrrole nitrogens is 1. The fraction of sp³-hybridized carbons (Fsp3) is 0.444. The Bertz CT molecular complexity index is 694. The summed E-state index contributed by atoms with van der Waals surface area (Å²) in [7, 11) is 1.87. The number of carbonyl (C=O) groups is 1. The molecule has 1 N–H and O–H groups in total. The van der Waals surface area contributed by atoms with Crippen molar-refractivity contribution in [3.05, 3.63) is 47.0 Å². The number of hydrogen-bond donors (Lipinski definition) is 1. The SMILES string of the molecule is CN(CCCOc1ccc(Cl)cc1)C(=O)C1CCc2nc[nH]c2C1.Cl.[HH]. The number of nitrogens with one attached hydrogen (secondary N) is 1. The van der Waals surface area contributed by atoms with E-state index in [-0.39, 0.29) is 25.7 Å². The molecule has 1 aliphatic carbocycles. The maximum Gasteiger partial charge on any atom is 0.225 e. The number of carbonyl (C=O) groups excluding carboxylic acids is 1. The van der Waals surface area contributed by atoms with Crippen LogP contribution in [0.3, 0.4) is 0 Å². The summed E-state index contributed by atoms with van der Waals surface area (Å²) >= 11 is 5.84. The first-order valence-electron chi connectivity index (χ1n) is 8.28. The Morgan fingerprint density at radius 3 is 2.96 bits per heavy atom. The summed E-state index contributed by atoms with van der Waals surface area (Å²) in [5.74, 6) is 1.06. The molecule has 0 saturated heterocycles. The number of halogens is 2. The molecular formula is C18H25Cl2N3O2. The van der Waals surface area contributed by atoms with Gasteiger partial charge in [-0.2, -0.15) is 0 Å². The van der Waals surface area contributed by atoms with E-state index in [0.717, 1.165) is 42.8 Å². The summed E-state index contributed by atoms with van der Waals surface area (Å²) in [5, 5.41) is 0.695. The molecule has 1 unspecified atom stereocenters. The van der Waals surface area contributed by atoms with Crippen LogP contribution in [0.4, 0.5) is 0 Å². The minimum atomic E-state index is 0. The Balaban J connectivity index is 0.00000169. The van der Waals surface area contributed by atoms with Gasteiger partial charge in [0.2, 0.25) is 5.91 Å². The molecule has 1 aromatic carbocycles. The predicted molar refractivity (Wildman–Crippen MR) is 103 cm³/mol. The Morgan fingerprint density at radius 2 is 2.20 bits per heavy atom. The normalized spacial score (nSPS) is 15.8. The molecule has 0 saturated carbocycles. The lowest BCUT2D eigenvalue weighted by atomic mass is 9.89. The number of hydrogen-bond acceptors (Lipinski definition) is 3. The van der Waals surface area contributed by atoms with Crippen LogP contribution in [-0.2, 0) is 17.6 Å². The average Bonchev–Trinajstić information content (AvgIpc) is 3.07. The molecule has 5 nitrogen and oxygen atoms in total. The molecule has 1 atom stereocenters. The zero-order valence-electron chi connectivity index (χ0n) is 14.2. The topological polar surface area (TPSA) is 58.2 Å². The maximum atomic E-state index is 12.6. The second-order valence-corrected chi connectivity index (χ2v) is 6.62. The van der Waals surface area contributed by atoms with Gasteiger partial charge in [-0.3, -0.25) is 4.79 Å². The molecule has 0 radical (unpaired) electrons. The lowest BCUT2D eigenvalue weighted by molar-refractivity contribution is -0.134. The monoisotopic (exact) mass is 385 g/mol. The predicted octanol–water partition coefficient (Wildman–Crippen LogP) is 3.76. The van der Waals surface area contributed by atoms with Crippen LogP contribution in [0.2, 0.25) is 5.02 Å². The van der Waals surface area contributed by atoms with E-state index in [1.807, 2.05) is 24.1 Å². The minimum absolute atomic E-state index is 0. The lowest BCUT2D eigenvalue weighted by Gasteiger charge is -2.26. The van der Waals surface area contributed by atoms with Gasteiger partial charge in [0, 0.05) is 38.1 Å². The highest BCUT2D eigenvalue weighted by Gasteiger charge is 2.28. The number of aromatic amines is 1. The Hall–Kier alpha value is -1.72. The second kappa shape index (κ2) is 9.11. The molecule has 1 aliphatic rings. The number of ether oxygens (including phenoxy) is 1. The van der Waals surface area contributed by atoms with Gasteiger partial charge in [-0.1, -0.05) is 11.6 Å². The largest absolute Gasteiger partial charge is 0.494 e. The van der Waals surface area contributed by atoms with Crippen LogP contribution in [-0.4, -0.2) is 41.0 Å². The first-order valence-corrected chi connectivity index (χ1v) is 8.66. The molecule has 1 heterocycles. The van der Waals surface area contributed by atoms with E-state index >= 15 is 0 Å². The van der Waals surface area contributed by atoms with Crippen LogP contribution in [0.1, 0.15) is 25.7 Å². The average molecular weight is 386 g/mol. The molecule has 1 amide bonds. The number of amides is 1. The van der Waals surface area contributed by atoms with Gasteiger partial charge in [0.05, 0.1) is 18.6 Å². The molecule has 0 bridgehead atoms. The summed E-state index contributed by atoms with van der Waals surface area (Å²) in [6.45, 7) is 1.27. The molecule has 25 heavy (non-hydrogen) atoms. The van der Waals surface area contributed by atoms with Gasteiger partial charge in [0.25, 0.3) is 0 Å². The molecule has 0 fully saturated rings. The van der Waals surface area contributed by atoms with Crippen LogP contribution in [0.25, 0.3) is 0 Å². The molecule has 138 valence electrons. The van der Waals surface area contributed by atoms with E-state index in [1.165, 1.54) is 0 Å². The third-order valence-corrected chi connectivity index (χ3v) is 4.69. The van der Waals surface area contributed by atoms with E-state index in [4.69, 9.17) is 16.3 Å². The lowest BCUT2D eigenvalue weighted by Crippen LogP contribution is -2.36. The van der Waals surface area contributed by atoms with Crippen molar-refractivity contribution in [3.8, 4) is 5.75 Å². The third-order valence-electron chi connectivity index (χ3n) is 4.43. The molecule has 0 spiro atoms. The quantitative estimate of drug-likeness (QED) is 0.769. The zero-order chi connectivity index (χ0) is 16.9. The van der Waals surface area contributed by atoms with Gasteiger partial charge < -0.3 is 14.6 Å². The smallest absolute Gasteiger partial charge is 0.225 e. The molecular weight excluding hydrogens is 361 g/mol. The second-order valence-electron chi connectivity index (χ2n) is 6.18. The van der Waals surface area contributed by atoms with Crippen molar-refractivity contribution in [2.75, 3.05) is 20.2 Å². The first kappa shape index (κ1) is 19.6. The molecule has 1 aromatic heterocycles. The van der Waals surface area contributed by atoms with Crippen LogP contribution in [0.15, 0.2) is 30.6 Å². The summed E-state index contributed by atoms with van der Waals surface area (Å²) in [6, 6.07) is 7.31. The molecule has 3 rings (SSSR count). The number of fused-ring (bicyclic) bond motifs is 1. The Morgan fingerprint density at radius 1 is 1.44 bits per heavy atom. The number of rotatable bonds is 6. The summed E-state index contributed by atoms with van der Waals surface area (Å²) in [4.78, 5) is 21.8. The molecule has 0 aliphatic heterocycles. The van der Waals surface area contributed by atoms with Crippen LogP contribution >= 0.6 is 24.0 Å². The zero-order valence-corrected chi connectivity index (χ0v) is 15.8. The number of nitrogens with zero attached hydrogens (tertiary/aromatic N) is 2. The van der Waals surface area contributed by atoms with Gasteiger partial charge in [0.15, 0.2) is 0 Å². The van der Waals surface area contributed by atoms with Crippen LogP contribution in [0, 0.1) is 5.92 Å². The highest BCUT2D eigenvalue weighted by atomic mass is 35.5. The van der Waals surface area contributed by atoms with Crippen molar-refractivity contribution in [3.63, 3.8) is 0 Å². The highest BCUT2D eigenvalue weighted by Crippen LogP contribution is 2.24. The number of imidazole rings is 1. The van der Waals surface area contributed by atoms with Gasteiger partial charge >= 0.3 is 0 Å². The number of benzene rings is 1. The van der Waals surface area contributed by atoms with Crippen LogP contribution in [0.5, 0.6) is 5.75 Å². The number of aryl methyl sites for hydroxylation is 1. The van der Waals surface area contributed by atoms with E-state index in [2.05, 4.69) is 9.97 Å². The van der Waals surface area contributed by atoms with Gasteiger partial charge in [0.1, 0.15) is 5.75 Å². The van der Waals surface area contributed by atoms with Gasteiger partial charge in [-0.05, 0) is 43.5 Å². The van der Waals surface area contributed by atoms with Crippen molar-refractivity contribution in [2.45, 2.75) is 25.7 Å². The fourth-order valence-electron chi connectivity index (χ4n) is 3.06. The van der Waals surface area contributed by atoms with Crippen molar-refractivity contribution in [1.29, 1.82) is 0 Å². The van der Waals surface area contributed by atoms with E-state index < -0.39 is 0 Å². The molecule has 2 aromatic rings. The third kappa shape index (κ3) is 5.13. The Kier molecular flexibility index (Phi) is 7.14. The van der Waals surface area contributed by atoms with Crippen molar-refractivity contribution >= 4 is 29.9 Å². The van der Waals surface area contributed by atoms with Gasteiger partial charge in [-0.15, -0.1) is 12.4 Å². The highest BCUT2D eigenvalue weighted by molar-refractivity contribution is 6.30. The summed E-state index contributed by atoms with van der Waals surface area (Å²) in [6.07, 6.45) is 5.03.